The topological polar surface area (TPSA) is 138 Å². The lowest BCUT2D eigenvalue weighted by molar-refractivity contribution is 0.0583. The summed E-state index contributed by atoms with van der Waals surface area (Å²) in [7, 11) is -1.88. The van der Waals surface area contributed by atoms with Gasteiger partial charge in [-0.3, -0.25) is 4.68 Å². The summed E-state index contributed by atoms with van der Waals surface area (Å²) >= 11 is 0. The summed E-state index contributed by atoms with van der Waals surface area (Å²) in [4.78, 5) is 11.8. The van der Waals surface area contributed by atoms with Gasteiger partial charge in [0.05, 0.1) is 27.9 Å². The van der Waals surface area contributed by atoms with E-state index in [1.807, 2.05) is 0 Å². The van der Waals surface area contributed by atoms with E-state index >= 15 is 0 Å². The molecule has 3 aromatic heterocycles. The third-order valence-corrected chi connectivity index (χ3v) is 6.92. The van der Waals surface area contributed by atoms with Gasteiger partial charge < -0.3 is 20.7 Å². The first kappa shape index (κ1) is 23.2. The average molecular weight is 504 g/mol. The lowest BCUT2D eigenvalue weighted by Crippen LogP contribution is -2.24. The first-order valence-corrected chi connectivity index (χ1v) is 12.6. The second kappa shape index (κ2) is 7.99. The predicted molar refractivity (Wildman–Crippen MR) is 126 cm³/mol. The molecule has 1 aromatic carbocycles. The van der Waals surface area contributed by atoms with Gasteiger partial charge in [-0.15, -0.1) is 0 Å². The molecule has 184 valence electrons. The summed E-state index contributed by atoms with van der Waals surface area (Å²) in [5, 5.41) is 20.2. The van der Waals surface area contributed by atoms with E-state index in [2.05, 4.69) is 30.7 Å². The molecule has 10 nitrogen and oxygen atoms in total. The van der Waals surface area contributed by atoms with Crippen LogP contribution in [0.5, 0.6) is 0 Å². The molecule has 0 saturated heterocycles. The van der Waals surface area contributed by atoms with E-state index in [9.17, 15) is 22.3 Å². The van der Waals surface area contributed by atoms with Crippen molar-refractivity contribution in [1.82, 2.24) is 24.7 Å². The molecule has 35 heavy (non-hydrogen) atoms. The van der Waals surface area contributed by atoms with Crippen molar-refractivity contribution in [2.24, 2.45) is 13.0 Å². The number of alkyl halides is 2. The molecule has 1 aliphatic rings. The van der Waals surface area contributed by atoms with E-state index in [4.69, 9.17) is 0 Å². The average Bonchev–Trinajstić information content (AvgIpc) is 3.06. The zero-order valence-corrected chi connectivity index (χ0v) is 19.9. The summed E-state index contributed by atoms with van der Waals surface area (Å²) in [5.41, 5.74) is 2.69. The van der Waals surface area contributed by atoms with Crippen LogP contribution in [0.1, 0.15) is 12.2 Å². The molecule has 0 amide bonds. The number of halogens is 2. The van der Waals surface area contributed by atoms with Gasteiger partial charge in [0.2, 0.25) is 0 Å². The van der Waals surface area contributed by atoms with E-state index in [-0.39, 0.29) is 10.7 Å². The highest BCUT2D eigenvalue weighted by atomic mass is 32.2. The highest BCUT2D eigenvalue weighted by Gasteiger charge is 2.60. The minimum atomic E-state index is -3.65. The van der Waals surface area contributed by atoms with E-state index in [0.717, 1.165) is 6.26 Å². The molecule has 0 aliphatic heterocycles. The molecule has 1 fully saturated rings. The van der Waals surface area contributed by atoms with E-state index < -0.39 is 34.3 Å². The number of aromatic amines is 1. The van der Waals surface area contributed by atoms with Crippen molar-refractivity contribution in [3.8, 4) is 11.3 Å². The van der Waals surface area contributed by atoms with Crippen molar-refractivity contribution in [2.75, 3.05) is 16.9 Å². The maximum absolute atomic E-state index is 13.4. The van der Waals surface area contributed by atoms with Crippen LogP contribution in [0.2, 0.25) is 0 Å². The van der Waals surface area contributed by atoms with Gasteiger partial charge in [-0.2, -0.15) is 5.10 Å². The van der Waals surface area contributed by atoms with Gasteiger partial charge in [0.25, 0.3) is 5.92 Å². The summed E-state index contributed by atoms with van der Waals surface area (Å²) in [6.07, 6.45) is 0.972. The molecule has 2 unspecified atom stereocenters. The summed E-state index contributed by atoms with van der Waals surface area (Å²) in [6.45, 7) is 1.72. The lowest BCUT2D eigenvalue weighted by Gasteiger charge is -2.16. The predicted octanol–water partition coefficient (Wildman–Crippen LogP) is 3.20. The second-order valence-corrected chi connectivity index (χ2v) is 10.7. The minimum Gasteiger partial charge on any atom is -0.373 e. The third-order valence-electron chi connectivity index (χ3n) is 5.78. The number of hydrogen-bond acceptors (Lipinski definition) is 8. The largest absolute Gasteiger partial charge is 0.373 e. The van der Waals surface area contributed by atoms with Crippen molar-refractivity contribution < 1.29 is 22.3 Å². The number of nitrogens with zero attached hydrogens (tertiary/aromatic N) is 4. The smallest absolute Gasteiger partial charge is 0.256 e. The lowest BCUT2D eigenvalue weighted by atomic mass is 10.1. The van der Waals surface area contributed by atoms with Crippen LogP contribution in [0.3, 0.4) is 0 Å². The molecule has 0 bridgehead atoms. The number of aryl methyl sites for hydroxylation is 2. The van der Waals surface area contributed by atoms with Gasteiger partial charge in [0, 0.05) is 37.6 Å². The quantitative estimate of drug-likeness (QED) is 0.282. The Balaban J connectivity index is 1.54. The van der Waals surface area contributed by atoms with Gasteiger partial charge >= 0.3 is 0 Å². The van der Waals surface area contributed by atoms with Crippen LogP contribution in [-0.2, 0) is 16.9 Å². The zero-order chi connectivity index (χ0) is 25.1. The molecule has 5 rings (SSSR count). The molecule has 4 N–H and O–H groups in total. The Morgan fingerprint density at radius 1 is 1.23 bits per heavy atom. The number of H-pyrrole nitrogens is 1. The first-order valence-electron chi connectivity index (χ1n) is 10.7. The molecule has 4 aromatic rings. The number of imidazole rings is 1. The fraction of sp³-hybridized carbons (Fsp3) is 0.318. The fourth-order valence-electron chi connectivity index (χ4n) is 3.91. The number of aromatic nitrogens is 5. The van der Waals surface area contributed by atoms with E-state index in [1.165, 1.54) is 12.1 Å². The number of anilines is 3. The maximum atomic E-state index is 13.4. The molecule has 0 radical (unpaired) electrons. The molecule has 13 heteroatoms. The highest BCUT2D eigenvalue weighted by Crippen LogP contribution is 2.50. The Bertz CT molecular complexity index is 1550. The summed E-state index contributed by atoms with van der Waals surface area (Å²) < 4.78 is 53.6. The Morgan fingerprint density at radius 3 is 2.60 bits per heavy atom. The van der Waals surface area contributed by atoms with Crippen molar-refractivity contribution in [3.05, 3.63) is 42.4 Å². The first-order chi connectivity index (χ1) is 16.4. The Hall–Kier alpha value is -3.58. The Kier molecular flexibility index (Phi) is 5.29. The monoisotopic (exact) mass is 503 g/mol. The number of hydrogen-bond donors (Lipinski definition) is 4. The maximum Gasteiger partial charge on any atom is 0.256 e. The molecule has 3 heterocycles. The van der Waals surface area contributed by atoms with Crippen LogP contribution in [0.4, 0.5) is 26.0 Å². The van der Waals surface area contributed by atoms with Gasteiger partial charge in [-0.25, -0.2) is 27.2 Å². The van der Waals surface area contributed by atoms with Crippen molar-refractivity contribution in [2.45, 2.75) is 30.4 Å². The SMILES string of the molecule is Cc1nc2c(Nc3ccc(-c4ccn(C)n4)cc3S(C)(=O)=O)cc(NC(O)C3CC3(F)F)nc2[nH]1. The van der Waals surface area contributed by atoms with Crippen molar-refractivity contribution >= 4 is 38.2 Å². The number of aliphatic hydroxyl groups is 1. The molecule has 1 saturated carbocycles. The van der Waals surface area contributed by atoms with E-state index in [0.29, 0.717) is 39.6 Å². The Labute approximate surface area is 199 Å². The zero-order valence-electron chi connectivity index (χ0n) is 19.0. The minimum absolute atomic E-state index is 0.0463. The number of benzene rings is 1. The van der Waals surface area contributed by atoms with Crippen LogP contribution in [-0.4, -0.2) is 56.7 Å². The van der Waals surface area contributed by atoms with Crippen LogP contribution in [0.15, 0.2) is 41.4 Å². The molecule has 0 spiro atoms. The molecule has 2 atom stereocenters. The number of fused-ring (bicyclic) bond motifs is 1. The summed E-state index contributed by atoms with van der Waals surface area (Å²) in [6, 6.07) is 8.17. The van der Waals surface area contributed by atoms with Gasteiger partial charge in [0.15, 0.2) is 15.5 Å². The van der Waals surface area contributed by atoms with Crippen LogP contribution >= 0.6 is 0 Å². The molecular weight excluding hydrogens is 480 g/mol. The van der Waals surface area contributed by atoms with E-state index in [1.54, 1.807) is 43.0 Å². The third kappa shape index (κ3) is 4.56. The van der Waals surface area contributed by atoms with Crippen LogP contribution in [0.25, 0.3) is 22.4 Å². The number of aliphatic hydroxyl groups excluding tert-OH is 1. The Morgan fingerprint density at radius 2 is 1.97 bits per heavy atom. The van der Waals surface area contributed by atoms with Crippen LogP contribution in [0, 0.1) is 12.8 Å². The fourth-order valence-corrected chi connectivity index (χ4v) is 4.77. The van der Waals surface area contributed by atoms with Gasteiger partial charge in [0.1, 0.15) is 23.4 Å². The van der Waals surface area contributed by atoms with Crippen molar-refractivity contribution in [3.63, 3.8) is 0 Å². The highest BCUT2D eigenvalue weighted by molar-refractivity contribution is 7.90. The normalized spacial score (nSPS) is 17.9. The number of pyridine rings is 1. The van der Waals surface area contributed by atoms with Gasteiger partial charge in [-0.05, 0) is 25.1 Å². The number of sulfone groups is 1. The summed E-state index contributed by atoms with van der Waals surface area (Å²) in [5.74, 6) is -3.43. The molecule has 1 aliphatic carbocycles. The molecular formula is C22H23F2N7O3S. The number of nitrogens with one attached hydrogen (secondary N) is 3. The van der Waals surface area contributed by atoms with Crippen molar-refractivity contribution in [1.29, 1.82) is 0 Å². The number of rotatable bonds is 7. The van der Waals surface area contributed by atoms with Gasteiger partial charge in [-0.1, -0.05) is 6.07 Å². The standard InChI is InChI=1S/C22H23F2N7O3S/c1-11-25-19-16(9-18(28-20(19)26-11)29-21(32)13-10-22(13,23)24)27-15-5-4-12(8-17(15)35(3,33)34)14-6-7-31(2)30-14/h4-9,13,21,32H,10H2,1-3H3,(H3,25,26,27,28,29). The second-order valence-electron chi connectivity index (χ2n) is 8.72. The van der Waals surface area contributed by atoms with Crippen LogP contribution < -0.4 is 10.6 Å².